The first kappa shape index (κ1) is 12.5. The van der Waals surface area contributed by atoms with Crippen molar-refractivity contribution in [1.29, 1.82) is 0 Å². The summed E-state index contributed by atoms with van der Waals surface area (Å²) in [5, 5.41) is 13.4. The Labute approximate surface area is 114 Å². The standard InChI is InChI=1S/C12H15N3O3S/c1-14-5-4-8(13-14)10(16)15-9(12(17)18)6-19-11(15)7-2-3-7/h4-5,7,9,11H,2-3,6H2,1H3,(H,17,18). The number of aryl methyl sites for hydroxylation is 1. The second-order valence-electron chi connectivity index (χ2n) is 5.00. The molecule has 0 aromatic carbocycles. The molecule has 1 aliphatic heterocycles. The molecule has 102 valence electrons. The maximum Gasteiger partial charge on any atom is 0.327 e. The zero-order valence-electron chi connectivity index (χ0n) is 10.5. The summed E-state index contributed by atoms with van der Waals surface area (Å²) in [7, 11) is 1.74. The largest absolute Gasteiger partial charge is 0.480 e. The fraction of sp³-hybridized carbons (Fsp3) is 0.583. The van der Waals surface area contributed by atoms with Gasteiger partial charge in [0.25, 0.3) is 5.91 Å². The van der Waals surface area contributed by atoms with E-state index in [9.17, 15) is 14.7 Å². The topological polar surface area (TPSA) is 75.4 Å². The number of carbonyl (C=O) groups excluding carboxylic acids is 1. The molecule has 2 fully saturated rings. The van der Waals surface area contributed by atoms with Crippen molar-refractivity contribution < 1.29 is 14.7 Å². The van der Waals surface area contributed by atoms with Crippen LogP contribution in [0.1, 0.15) is 23.3 Å². The molecule has 1 N–H and O–H groups in total. The van der Waals surface area contributed by atoms with E-state index in [1.807, 2.05) is 0 Å². The highest BCUT2D eigenvalue weighted by Gasteiger charge is 2.48. The average Bonchev–Trinajstić information content (AvgIpc) is 2.96. The van der Waals surface area contributed by atoms with Crippen molar-refractivity contribution in [2.24, 2.45) is 13.0 Å². The lowest BCUT2D eigenvalue weighted by Crippen LogP contribution is -2.46. The number of aromatic nitrogens is 2. The van der Waals surface area contributed by atoms with E-state index in [0.29, 0.717) is 17.4 Å². The molecule has 2 aliphatic rings. The molecule has 2 unspecified atom stereocenters. The molecule has 3 rings (SSSR count). The molecule has 6 nitrogen and oxygen atoms in total. The van der Waals surface area contributed by atoms with Gasteiger partial charge in [-0.25, -0.2) is 4.79 Å². The van der Waals surface area contributed by atoms with E-state index < -0.39 is 12.0 Å². The van der Waals surface area contributed by atoms with Gasteiger partial charge in [0.2, 0.25) is 0 Å². The normalized spacial score (nSPS) is 26.7. The van der Waals surface area contributed by atoms with Crippen LogP contribution < -0.4 is 0 Å². The maximum atomic E-state index is 12.5. The number of thioether (sulfide) groups is 1. The molecule has 2 atom stereocenters. The number of rotatable bonds is 3. The van der Waals surface area contributed by atoms with E-state index in [0.717, 1.165) is 12.8 Å². The highest BCUT2D eigenvalue weighted by atomic mass is 32.2. The molecular weight excluding hydrogens is 266 g/mol. The van der Waals surface area contributed by atoms with Crippen molar-refractivity contribution in [3.05, 3.63) is 18.0 Å². The number of hydrogen-bond donors (Lipinski definition) is 1. The van der Waals surface area contributed by atoms with Gasteiger partial charge in [0.05, 0.1) is 5.37 Å². The third-order valence-corrected chi connectivity index (χ3v) is 4.97. The van der Waals surface area contributed by atoms with Gasteiger partial charge in [-0.2, -0.15) is 5.10 Å². The molecule has 7 heteroatoms. The van der Waals surface area contributed by atoms with Crippen LogP contribution in [-0.2, 0) is 11.8 Å². The predicted octanol–water partition coefficient (Wildman–Crippen LogP) is 0.798. The second kappa shape index (κ2) is 4.56. The molecule has 0 bridgehead atoms. The number of carboxylic acids is 1. The molecule has 2 heterocycles. The van der Waals surface area contributed by atoms with Gasteiger partial charge in [-0.3, -0.25) is 9.48 Å². The minimum atomic E-state index is -0.931. The molecule has 1 saturated carbocycles. The Morgan fingerprint density at radius 1 is 1.47 bits per heavy atom. The summed E-state index contributed by atoms with van der Waals surface area (Å²) in [5.74, 6) is -0.286. The van der Waals surface area contributed by atoms with E-state index in [4.69, 9.17) is 0 Å². The minimum Gasteiger partial charge on any atom is -0.480 e. The molecule has 1 saturated heterocycles. The second-order valence-corrected chi connectivity index (χ2v) is 6.15. The van der Waals surface area contributed by atoms with E-state index in [1.54, 1.807) is 35.8 Å². The maximum absolute atomic E-state index is 12.5. The summed E-state index contributed by atoms with van der Waals surface area (Å²) in [4.78, 5) is 25.3. The Bertz CT molecular complexity index is 526. The van der Waals surface area contributed by atoms with Crippen molar-refractivity contribution in [3.8, 4) is 0 Å². The third kappa shape index (κ3) is 2.22. The van der Waals surface area contributed by atoms with Crippen molar-refractivity contribution in [3.63, 3.8) is 0 Å². The fourth-order valence-corrected chi connectivity index (χ4v) is 4.01. The zero-order chi connectivity index (χ0) is 13.6. The van der Waals surface area contributed by atoms with Crippen molar-refractivity contribution >= 4 is 23.6 Å². The van der Waals surface area contributed by atoms with Crippen LogP contribution in [0.2, 0.25) is 0 Å². The molecule has 1 aromatic rings. The molecular formula is C12H15N3O3S. The summed E-state index contributed by atoms with van der Waals surface area (Å²) >= 11 is 1.58. The Hall–Kier alpha value is -1.50. The number of carboxylic acid groups (broad SMARTS) is 1. The monoisotopic (exact) mass is 281 g/mol. The number of amides is 1. The van der Waals surface area contributed by atoms with Gasteiger partial charge < -0.3 is 10.0 Å². The molecule has 1 aromatic heterocycles. The molecule has 1 aliphatic carbocycles. The van der Waals surface area contributed by atoms with Crippen LogP contribution in [0.3, 0.4) is 0 Å². The average molecular weight is 281 g/mol. The summed E-state index contributed by atoms with van der Waals surface area (Å²) in [6.07, 6.45) is 3.85. The van der Waals surface area contributed by atoms with E-state index >= 15 is 0 Å². The molecule has 19 heavy (non-hydrogen) atoms. The third-order valence-electron chi connectivity index (χ3n) is 3.51. The van der Waals surface area contributed by atoms with Crippen LogP contribution in [0, 0.1) is 5.92 Å². The number of aliphatic carboxylic acids is 1. The number of carbonyl (C=O) groups is 2. The van der Waals surface area contributed by atoms with E-state index in [-0.39, 0.29) is 11.3 Å². The van der Waals surface area contributed by atoms with Crippen LogP contribution in [-0.4, -0.2) is 48.8 Å². The smallest absolute Gasteiger partial charge is 0.327 e. The summed E-state index contributed by atoms with van der Waals surface area (Å²) < 4.78 is 1.55. The van der Waals surface area contributed by atoms with Gasteiger partial charge in [0.1, 0.15) is 11.7 Å². The predicted molar refractivity (Wildman–Crippen MR) is 69.8 cm³/mol. The van der Waals surface area contributed by atoms with E-state index in [2.05, 4.69) is 5.10 Å². The molecule has 0 radical (unpaired) electrons. The summed E-state index contributed by atoms with van der Waals surface area (Å²) in [6.45, 7) is 0. The first-order valence-electron chi connectivity index (χ1n) is 6.24. The molecule has 1 amide bonds. The fourth-order valence-electron chi connectivity index (χ4n) is 2.38. The lowest BCUT2D eigenvalue weighted by atomic mass is 10.2. The van der Waals surface area contributed by atoms with Crippen molar-refractivity contribution in [2.45, 2.75) is 24.3 Å². The SMILES string of the molecule is Cn1ccc(C(=O)N2C(C(=O)O)CSC2C2CC2)n1. The number of nitrogens with zero attached hydrogens (tertiary/aromatic N) is 3. The van der Waals surface area contributed by atoms with Gasteiger partial charge in [-0.1, -0.05) is 0 Å². The molecule has 0 spiro atoms. The lowest BCUT2D eigenvalue weighted by molar-refractivity contribution is -0.141. The summed E-state index contributed by atoms with van der Waals surface area (Å²) in [5.41, 5.74) is 0.321. The van der Waals surface area contributed by atoms with Crippen LogP contribution >= 0.6 is 11.8 Å². The van der Waals surface area contributed by atoms with Crippen molar-refractivity contribution in [1.82, 2.24) is 14.7 Å². The summed E-state index contributed by atoms with van der Waals surface area (Å²) in [6, 6.07) is 0.902. The van der Waals surface area contributed by atoms with Crippen LogP contribution in [0.4, 0.5) is 0 Å². The van der Waals surface area contributed by atoms with E-state index in [1.165, 1.54) is 4.90 Å². The lowest BCUT2D eigenvalue weighted by Gasteiger charge is -2.26. The van der Waals surface area contributed by atoms with Crippen LogP contribution in [0.25, 0.3) is 0 Å². The van der Waals surface area contributed by atoms with Crippen molar-refractivity contribution in [2.75, 3.05) is 5.75 Å². The van der Waals surface area contributed by atoms with Gasteiger partial charge in [0.15, 0.2) is 0 Å². The van der Waals surface area contributed by atoms with Crippen LogP contribution in [0.5, 0.6) is 0 Å². The highest BCUT2D eigenvalue weighted by Crippen LogP contribution is 2.45. The van der Waals surface area contributed by atoms with Gasteiger partial charge in [-0.05, 0) is 24.8 Å². The first-order chi connectivity index (χ1) is 9.08. The van der Waals surface area contributed by atoms with Crippen LogP contribution in [0.15, 0.2) is 12.3 Å². The Morgan fingerprint density at radius 2 is 2.21 bits per heavy atom. The Kier molecular flexibility index (Phi) is 3.00. The zero-order valence-corrected chi connectivity index (χ0v) is 11.3. The quantitative estimate of drug-likeness (QED) is 0.887. The van der Waals surface area contributed by atoms with Gasteiger partial charge >= 0.3 is 5.97 Å². The number of hydrogen-bond acceptors (Lipinski definition) is 4. The van der Waals surface area contributed by atoms with Gasteiger partial charge in [-0.15, -0.1) is 11.8 Å². The minimum absolute atomic E-state index is 0.00407. The Balaban J connectivity index is 1.88. The Morgan fingerprint density at radius 3 is 2.74 bits per heavy atom. The van der Waals surface area contributed by atoms with Gasteiger partial charge in [0, 0.05) is 19.0 Å². The highest BCUT2D eigenvalue weighted by molar-refractivity contribution is 8.00. The first-order valence-corrected chi connectivity index (χ1v) is 7.29.